The number of hydrogen-bond donors (Lipinski definition) is 1. The Balaban J connectivity index is 1.94. The number of nitrogens with zero attached hydrogens (tertiary/aromatic N) is 2. The fourth-order valence-corrected chi connectivity index (χ4v) is 2.71. The lowest BCUT2D eigenvalue weighted by Gasteiger charge is -2.22. The van der Waals surface area contributed by atoms with Gasteiger partial charge in [0, 0.05) is 31.7 Å². The van der Waals surface area contributed by atoms with E-state index in [9.17, 15) is 4.79 Å². The highest BCUT2D eigenvalue weighted by Gasteiger charge is 2.19. The number of ether oxygens (including phenoxy) is 1. The largest absolute Gasteiger partial charge is 0.496 e. The number of carbonyl (C=O) groups excluding carboxylic acids is 1. The minimum Gasteiger partial charge on any atom is -0.496 e. The highest BCUT2D eigenvalue weighted by molar-refractivity contribution is 5.79. The molecular weight excluding hydrogens is 268 g/mol. The van der Waals surface area contributed by atoms with Gasteiger partial charge in [0.15, 0.2) is 0 Å². The maximum absolute atomic E-state index is 12.5. The Morgan fingerprint density at radius 2 is 2.05 bits per heavy atom. The van der Waals surface area contributed by atoms with E-state index in [1.165, 1.54) is 0 Å². The maximum atomic E-state index is 12.5. The third-order valence-corrected chi connectivity index (χ3v) is 3.89. The molecule has 0 bridgehead atoms. The second kappa shape index (κ2) is 8.00. The average Bonchev–Trinajstić information content (AvgIpc) is 2.74. The van der Waals surface area contributed by atoms with Crippen molar-refractivity contribution in [2.75, 3.05) is 46.4 Å². The zero-order valence-corrected chi connectivity index (χ0v) is 12.6. The molecule has 0 spiro atoms. The van der Waals surface area contributed by atoms with E-state index in [1.54, 1.807) is 7.11 Å². The van der Waals surface area contributed by atoms with E-state index in [2.05, 4.69) is 4.90 Å². The lowest BCUT2D eigenvalue weighted by atomic mass is 10.1. The first-order valence-corrected chi connectivity index (χ1v) is 7.47. The van der Waals surface area contributed by atoms with Crippen LogP contribution in [-0.2, 0) is 11.2 Å². The molecule has 1 amide bonds. The molecule has 1 saturated heterocycles. The van der Waals surface area contributed by atoms with E-state index >= 15 is 0 Å². The highest BCUT2D eigenvalue weighted by atomic mass is 16.5. The zero-order valence-electron chi connectivity index (χ0n) is 12.6. The predicted molar refractivity (Wildman–Crippen MR) is 81.4 cm³/mol. The lowest BCUT2D eigenvalue weighted by molar-refractivity contribution is -0.130. The monoisotopic (exact) mass is 292 g/mol. The first-order valence-electron chi connectivity index (χ1n) is 7.47. The van der Waals surface area contributed by atoms with Gasteiger partial charge >= 0.3 is 0 Å². The Labute approximate surface area is 126 Å². The summed E-state index contributed by atoms with van der Waals surface area (Å²) in [6, 6.07) is 7.66. The standard InChI is InChI=1S/C16H24N2O3/c1-21-15-6-3-2-5-14(15)13-16(20)18-8-4-7-17(9-10-18)11-12-19/h2-3,5-6,19H,4,7-13H2,1H3. The van der Waals surface area contributed by atoms with E-state index in [0.717, 1.165) is 43.9 Å². The Bertz CT molecular complexity index is 465. The molecule has 1 aromatic rings. The summed E-state index contributed by atoms with van der Waals surface area (Å²) in [5, 5.41) is 9.00. The van der Waals surface area contributed by atoms with Crippen LogP contribution in [0, 0.1) is 0 Å². The number of β-amino-alcohol motifs (C(OH)–C–C–N with tert-alkyl or cyclic N) is 1. The van der Waals surface area contributed by atoms with Crippen LogP contribution in [0.2, 0.25) is 0 Å². The van der Waals surface area contributed by atoms with Gasteiger partial charge in [-0.15, -0.1) is 0 Å². The molecule has 0 atom stereocenters. The molecule has 1 N–H and O–H groups in total. The second-order valence-electron chi connectivity index (χ2n) is 5.29. The average molecular weight is 292 g/mol. The van der Waals surface area contributed by atoms with Crippen LogP contribution in [0.3, 0.4) is 0 Å². The molecule has 5 heteroatoms. The Morgan fingerprint density at radius 1 is 1.24 bits per heavy atom. The van der Waals surface area contributed by atoms with Crippen molar-refractivity contribution in [3.8, 4) is 5.75 Å². The van der Waals surface area contributed by atoms with Gasteiger partial charge < -0.3 is 14.7 Å². The summed E-state index contributed by atoms with van der Waals surface area (Å²) in [6.45, 7) is 4.16. The van der Waals surface area contributed by atoms with Crippen molar-refractivity contribution >= 4 is 5.91 Å². The number of carbonyl (C=O) groups is 1. The zero-order chi connectivity index (χ0) is 15.1. The molecule has 1 aromatic carbocycles. The van der Waals surface area contributed by atoms with E-state index in [-0.39, 0.29) is 12.5 Å². The SMILES string of the molecule is COc1ccccc1CC(=O)N1CCCN(CCO)CC1. The maximum Gasteiger partial charge on any atom is 0.227 e. The number of aliphatic hydroxyl groups excluding tert-OH is 1. The van der Waals surface area contributed by atoms with Crippen LogP contribution in [0.4, 0.5) is 0 Å². The minimum atomic E-state index is 0.144. The molecule has 0 aliphatic carbocycles. The van der Waals surface area contributed by atoms with Crippen LogP contribution in [0.15, 0.2) is 24.3 Å². The molecule has 21 heavy (non-hydrogen) atoms. The van der Waals surface area contributed by atoms with E-state index in [0.29, 0.717) is 13.0 Å². The second-order valence-corrected chi connectivity index (χ2v) is 5.29. The van der Waals surface area contributed by atoms with Gasteiger partial charge in [-0.25, -0.2) is 0 Å². The number of rotatable bonds is 5. The smallest absolute Gasteiger partial charge is 0.227 e. The lowest BCUT2D eigenvalue weighted by Crippen LogP contribution is -2.36. The van der Waals surface area contributed by atoms with Crippen LogP contribution in [0.1, 0.15) is 12.0 Å². The summed E-state index contributed by atoms with van der Waals surface area (Å²) in [5.41, 5.74) is 0.932. The molecule has 0 saturated carbocycles. The van der Waals surface area contributed by atoms with Crippen LogP contribution in [0.25, 0.3) is 0 Å². The van der Waals surface area contributed by atoms with Gasteiger partial charge in [0.2, 0.25) is 5.91 Å². The Morgan fingerprint density at radius 3 is 2.81 bits per heavy atom. The number of hydrogen-bond acceptors (Lipinski definition) is 4. The summed E-state index contributed by atoms with van der Waals surface area (Å²) in [4.78, 5) is 16.6. The molecule has 0 aromatic heterocycles. The van der Waals surface area contributed by atoms with E-state index in [4.69, 9.17) is 9.84 Å². The van der Waals surface area contributed by atoms with Crippen LogP contribution in [0.5, 0.6) is 5.75 Å². The van der Waals surface area contributed by atoms with Gasteiger partial charge in [-0.2, -0.15) is 0 Å². The summed E-state index contributed by atoms with van der Waals surface area (Å²) >= 11 is 0. The molecule has 0 radical (unpaired) electrons. The van der Waals surface area contributed by atoms with Crippen LogP contribution < -0.4 is 4.74 Å². The Kier molecular flexibility index (Phi) is 6.02. The summed E-state index contributed by atoms with van der Waals surface area (Å²) in [5.74, 6) is 0.910. The molecule has 1 aliphatic rings. The molecule has 1 aliphatic heterocycles. The Hall–Kier alpha value is -1.59. The number of benzene rings is 1. The van der Waals surface area contributed by atoms with Crippen molar-refractivity contribution in [1.82, 2.24) is 9.80 Å². The van der Waals surface area contributed by atoms with Gasteiger partial charge in [-0.1, -0.05) is 18.2 Å². The third-order valence-electron chi connectivity index (χ3n) is 3.89. The molecule has 1 heterocycles. The number of amides is 1. The van der Waals surface area contributed by atoms with Crippen molar-refractivity contribution in [3.05, 3.63) is 29.8 Å². The first-order chi connectivity index (χ1) is 10.2. The summed E-state index contributed by atoms with van der Waals surface area (Å²) < 4.78 is 5.30. The van der Waals surface area contributed by atoms with E-state index < -0.39 is 0 Å². The van der Waals surface area contributed by atoms with Crippen LogP contribution >= 0.6 is 0 Å². The highest BCUT2D eigenvalue weighted by Crippen LogP contribution is 2.18. The topological polar surface area (TPSA) is 53.0 Å². The van der Waals surface area contributed by atoms with Gasteiger partial charge in [-0.3, -0.25) is 9.69 Å². The quantitative estimate of drug-likeness (QED) is 0.871. The van der Waals surface area contributed by atoms with E-state index in [1.807, 2.05) is 29.2 Å². The van der Waals surface area contributed by atoms with Crippen LogP contribution in [-0.4, -0.2) is 67.3 Å². The van der Waals surface area contributed by atoms with Gasteiger partial charge in [-0.05, 0) is 19.0 Å². The fraction of sp³-hybridized carbons (Fsp3) is 0.562. The molecule has 5 nitrogen and oxygen atoms in total. The normalized spacial score (nSPS) is 16.6. The van der Waals surface area contributed by atoms with Gasteiger partial charge in [0.25, 0.3) is 0 Å². The molecule has 116 valence electrons. The summed E-state index contributed by atoms with van der Waals surface area (Å²) in [7, 11) is 1.63. The van der Waals surface area contributed by atoms with Crippen molar-refractivity contribution in [3.63, 3.8) is 0 Å². The first kappa shape index (κ1) is 15.8. The van der Waals surface area contributed by atoms with Crippen molar-refractivity contribution in [1.29, 1.82) is 0 Å². The molecule has 1 fully saturated rings. The number of aliphatic hydroxyl groups is 1. The van der Waals surface area contributed by atoms with Crippen molar-refractivity contribution in [2.24, 2.45) is 0 Å². The number of methoxy groups -OCH3 is 1. The number of para-hydroxylation sites is 1. The summed E-state index contributed by atoms with van der Waals surface area (Å²) in [6.07, 6.45) is 1.33. The molecular formula is C16H24N2O3. The predicted octanol–water partition coefficient (Wildman–Crippen LogP) is 0.764. The third kappa shape index (κ3) is 4.44. The van der Waals surface area contributed by atoms with Crippen molar-refractivity contribution < 1.29 is 14.6 Å². The minimum absolute atomic E-state index is 0.144. The van der Waals surface area contributed by atoms with Crippen molar-refractivity contribution in [2.45, 2.75) is 12.8 Å². The molecule has 2 rings (SSSR count). The fourth-order valence-electron chi connectivity index (χ4n) is 2.71. The van der Waals surface area contributed by atoms with Gasteiger partial charge in [0.1, 0.15) is 5.75 Å². The molecule has 0 unspecified atom stereocenters. The van der Waals surface area contributed by atoms with Gasteiger partial charge in [0.05, 0.1) is 20.1 Å².